The van der Waals surface area contributed by atoms with E-state index in [0.29, 0.717) is 6.61 Å². The van der Waals surface area contributed by atoms with Crippen LogP contribution in [0.5, 0.6) is 0 Å². The molecule has 1 aromatic rings. The van der Waals surface area contributed by atoms with Crippen LogP contribution in [0.15, 0.2) is 18.2 Å². The maximum atomic E-state index is 11.9. The molecule has 0 bridgehead atoms. The van der Waals surface area contributed by atoms with Gasteiger partial charge in [0.2, 0.25) is 0 Å². The molecule has 1 amide bonds. The Kier molecular flexibility index (Phi) is 4.50. The molecular formula is C13H19NO2. The summed E-state index contributed by atoms with van der Waals surface area (Å²) in [6.07, 6.45) is 0. The Labute approximate surface area is 96.8 Å². The van der Waals surface area contributed by atoms with Crippen LogP contribution in [0.4, 0.5) is 0 Å². The highest BCUT2D eigenvalue weighted by atomic mass is 16.5. The van der Waals surface area contributed by atoms with Crippen LogP contribution in [0.2, 0.25) is 0 Å². The molecule has 1 atom stereocenters. The minimum Gasteiger partial charge on any atom is -0.383 e. The third-order valence-corrected chi connectivity index (χ3v) is 2.42. The van der Waals surface area contributed by atoms with E-state index in [4.69, 9.17) is 4.74 Å². The number of amides is 1. The van der Waals surface area contributed by atoms with Gasteiger partial charge < -0.3 is 10.1 Å². The third-order valence-electron chi connectivity index (χ3n) is 2.42. The Hall–Kier alpha value is -1.35. The van der Waals surface area contributed by atoms with E-state index >= 15 is 0 Å². The van der Waals surface area contributed by atoms with Gasteiger partial charge in [0.1, 0.15) is 0 Å². The normalized spacial score (nSPS) is 12.2. The molecule has 16 heavy (non-hydrogen) atoms. The molecule has 3 heteroatoms. The van der Waals surface area contributed by atoms with Crippen molar-refractivity contribution in [2.75, 3.05) is 13.7 Å². The third kappa shape index (κ3) is 3.35. The number of methoxy groups -OCH3 is 1. The van der Waals surface area contributed by atoms with Gasteiger partial charge in [-0.25, -0.2) is 0 Å². The molecule has 0 aliphatic rings. The van der Waals surface area contributed by atoms with Crippen LogP contribution in [0.3, 0.4) is 0 Å². The highest BCUT2D eigenvalue weighted by Crippen LogP contribution is 2.10. The Morgan fingerprint density at radius 3 is 2.69 bits per heavy atom. The second-order valence-electron chi connectivity index (χ2n) is 4.15. The van der Waals surface area contributed by atoms with Crippen LogP contribution in [-0.2, 0) is 4.74 Å². The van der Waals surface area contributed by atoms with Gasteiger partial charge in [0.25, 0.3) is 5.91 Å². The van der Waals surface area contributed by atoms with Crippen LogP contribution in [0, 0.1) is 13.8 Å². The lowest BCUT2D eigenvalue weighted by molar-refractivity contribution is 0.0905. The lowest BCUT2D eigenvalue weighted by Crippen LogP contribution is -2.35. The zero-order valence-electron chi connectivity index (χ0n) is 10.3. The summed E-state index contributed by atoms with van der Waals surface area (Å²) in [6, 6.07) is 5.84. The molecule has 0 aliphatic heterocycles. The largest absolute Gasteiger partial charge is 0.383 e. The Morgan fingerprint density at radius 2 is 2.12 bits per heavy atom. The number of rotatable bonds is 4. The van der Waals surface area contributed by atoms with Gasteiger partial charge in [0.15, 0.2) is 0 Å². The van der Waals surface area contributed by atoms with E-state index in [-0.39, 0.29) is 11.9 Å². The molecule has 0 heterocycles. The first-order valence-corrected chi connectivity index (χ1v) is 5.41. The second-order valence-corrected chi connectivity index (χ2v) is 4.15. The molecule has 0 spiro atoms. The summed E-state index contributed by atoms with van der Waals surface area (Å²) in [4.78, 5) is 11.9. The van der Waals surface area contributed by atoms with Gasteiger partial charge >= 0.3 is 0 Å². The number of nitrogens with one attached hydrogen (secondary N) is 1. The van der Waals surface area contributed by atoms with E-state index in [1.54, 1.807) is 7.11 Å². The topological polar surface area (TPSA) is 38.3 Å². The fraction of sp³-hybridized carbons (Fsp3) is 0.462. The Morgan fingerprint density at radius 1 is 1.44 bits per heavy atom. The molecule has 3 nitrogen and oxygen atoms in total. The molecule has 0 saturated carbocycles. The van der Waals surface area contributed by atoms with Crippen LogP contribution in [0.25, 0.3) is 0 Å². The van der Waals surface area contributed by atoms with Crippen molar-refractivity contribution in [3.05, 3.63) is 34.9 Å². The molecule has 0 fully saturated rings. The van der Waals surface area contributed by atoms with E-state index < -0.39 is 0 Å². The zero-order chi connectivity index (χ0) is 12.1. The first kappa shape index (κ1) is 12.7. The van der Waals surface area contributed by atoms with Crippen molar-refractivity contribution < 1.29 is 9.53 Å². The predicted molar refractivity (Wildman–Crippen MR) is 64.7 cm³/mol. The molecule has 1 rings (SSSR count). The minimum atomic E-state index is -0.0398. The highest BCUT2D eigenvalue weighted by Gasteiger charge is 2.11. The molecule has 88 valence electrons. The van der Waals surface area contributed by atoms with Gasteiger partial charge in [-0.2, -0.15) is 0 Å². The van der Waals surface area contributed by atoms with Gasteiger partial charge in [0, 0.05) is 18.7 Å². The summed E-state index contributed by atoms with van der Waals surface area (Å²) in [5.74, 6) is -0.0398. The lowest BCUT2D eigenvalue weighted by Gasteiger charge is -2.14. The number of hydrogen-bond donors (Lipinski definition) is 1. The van der Waals surface area contributed by atoms with Gasteiger partial charge in [0.05, 0.1) is 6.61 Å². The van der Waals surface area contributed by atoms with Crippen molar-refractivity contribution in [1.29, 1.82) is 0 Å². The van der Waals surface area contributed by atoms with Crippen LogP contribution < -0.4 is 5.32 Å². The smallest absolute Gasteiger partial charge is 0.251 e. The molecule has 0 radical (unpaired) electrons. The minimum absolute atomic E-state index is 0.0261. The SMILES string of the molecule is COC[C@@H](C)NC(=O)c1ccc(C)cc1C. The van der Waals surface area contributed by atoms with Crippen molar-refractivity contribution in [3.8, 4) is 0 Å². The fourth-order valence-electron chi connectivity index (χ4n) is 1.66. The Bertz CT molecular complexity index is 374. The van der Waals surface area contributed by atoms with Crippen LogP contribution in [-0.4, -0.2) is 25.7 Å². The number of carbonyl (C=O) groups excluding carboxylic acids is 1. The standard InChI is InChI=1S/C13H19NO2/c1-9-5-6-12(10(2)7-9)13(15)14-11(3)8-16-4/h5-7,11H,8H2,1-4H3,(H,14,15)/t11-/m1/s1. The number of carbonyl (C=O) groups is 1. The maximum absolute atomic E-state index is 11.9. The summed E-state index contributed by atoms with van der Waals surface area (Å²) < 4.78 is 4.98. The summed E-state index contributed by atoms with van der Waals surface area (Å²) in [5.41, 5.74) is 2.90. The molecule has 0 saturated heterocycles. The van der Waals surface area contributed by atoms with Gasteiger partial charge in [-0.3, -0.25) is 4.79 Å². The van der Waals surface area contributed by atoms with E-state index in [1.807, 2.05) is 39.0 Å². The maximum Gasteiger partial charge on any atom is 0.251 e. The average molecular weight is 221 g/mol. The summed E-state index contributed by atoms with van der Waals surface area (Å²) >= 11 is 0. The van der Waals surface area contributed by atoms with Crippen LogP contribution >= 0.6 is 0 Å². The fourth-order valence-corrected chi connectivity index (χ4v) is 1.66. The van der Waals surface area contributed by atoms with E-state index in [2.05, 4.69) is 5.32 Å². The number of benzene rings is 1. The van der Waals surface area contributed by atoms with Crippen molar-refractivity contribution in [2.45, 2.75) is 26.8 Å². The summed E-state index contributed by atoms with van der Waals surface area (Å²) in [6.45, 7) is 6.41. The quantitative estimate of drug-likeness (QED) is 0.845. The molecule has 1 N–H and O–H groups in total. The van der Waals surface area contributed by atoms with Crippen LogP contribution in [0.1, 0.15) is 28.4 Å². The molecule has 1 aromatic carbocycles. The van der Waals surface area contributed by atoms with E-state index in [1.165, 1.54) is 5.56 Å². The molecular weight excluding hydrogens is 202 g/mol. The van der Waals surface area contributed by atoms with E-state index in [9.17, 15) is 4.79 Å². The lowest BCUT2D eigenvalue weighted by atomic mass is 10.1. The first-order valence-electron chi connectivity index (χ1n) is 5.41. The van der Waals surface area contributed by atoms with Crippen molar-refractivity contribution >= 4 is 5.91 Å². The second kappa shape index (κ2) is 5.66. The highest BCUT2D eigenvalue weighted by molar-refractivity contribution is 5.95. The van der Waals surface area contributed by atoms with Crippen molar-refractivity contribution in [2.24, 2.45) is 0 Å². The van der Waals surface area contributed by atoms with E-state index in [0.717, 1.165) is 11.1 Å². The predicted octanol–water partition coefficient (Wildman–Crippen LogP) is 2.07. The first-order chi connectivity index (χ1) is 7.54. The summed E-state index contributed by atoms with van der Waals surface area (Å²) in [5, 5.41) is 2.89. The van der Waals surface area contributed by atoms with Gasteiger partial charge in [-0.1, -0.05) is 17.7 Å². The number of ether oxygens (including phenoxy) is 1. The molecule has 0 unspecified atom stereocenters. The number of hydrogen-bond acceptors (Lipinski definition) is 2. The summed E-state index contributed by atoms with van der Waals surface area (Å²) in [7, 11) is 1.62. The average Bonchev–Trinajstić information content (AvgIpc) is 2.17. The zero-order valence-corrected chi connectivity index (χ0v) is 10.3. The molecule has 0 aliphatic carbocycles. The Balaban J connectivity index is 2.73. The van der Waals surface area contributed by atoms with Crippen molar-refractivity contribution in [3.63, 3.8) is 0 Å². The van der Waals surface area contributed by atoms with Crippen molar-refractivity contribution in [1.82, 2.24) is 5.32 Å². The number of aryl methyl sites for hydroxylation is 2. The monoisotopic (exact) mass is 221 g/mol. The van der Waals surface area contributed by atoms with Gasteiger partial charge in [-0.05, 0) is 32.4 Å². The van der Waals surface area contributed by atoms with Gasteiger partial charge in [-0.15, -0.1) is 0 Å². The molecule has 0 aromatic heterocycles.